The molecule has 46 heavy (non-hydrogen) atoms. The quantitative estimate of drug-likeness (QED) is 0.185. The van der Waals surface area contributed by atoms with Crippen molar-refractivity contribution in [2.24, 2.45) is 29.6 Å². The molecule has 4 aliphatic rings. The number of nitro groups is 2. The van der Waals surface area contributed by atoms with Crippen molar-refractivity contribution < 1.29 is 34.1 Å². The van der Waals surface area contributed by atoms with Gasteiger partial charge in [0, 0.05) is 30.2 Å². The van der Waals surface area contributed by atoms with E-state index >= 15 is 0 Å². The molecular weight excluding hydrogens is 596 g/mol. The Morgan fingerprint density at radius 3 is 1.85 bits per heavy atom. The molecule has 2 aliphatic carbocycles. The summed E-state index contributed by atoms with van der Waals surface area (Å²) in [6.07, 6.45) is 2.14. The largest absolute Gasteiger partial charge is 0.508 e. The van der Waals surface area contributed by atoms with Crippen molar-refractivity contribution in [1.29, 1.82) is 0 Å². The number of phenolic OH excluding ortho intramolecular Hbond substituents is 1. The topological polar surface area (TPSA) is 181 Å². The third-order valence-electron chi connectivity index (χ3n) is 9.83. The Morgan fingerprint density at radius 1 is 0.717 bits per heavy atom. The zero-order valence-corrected chi connectivity index (χ0v) is 24.3. The molecule has 1 saturated carbocycles. The highest BCUT2D eigenvalue weighted by atomic mass is 16.6. The zero-order valence-electron chi connectivity index (χ0n) is 24.3. The van der Waals surface area contributed by atoms with Crippen LogP contribution in [-0.2, 0) is 19.2 Å². The number of anilines is 2. The molecule has 0 radical (unpaired) electrons. The van der Waals surface area contributed by atoms with Gasteiger partial charge in [0.2, 0.25) is 23.6 Å². The molecule has 13 heteroatoms. The van der Waals surface area contributed by atoms with Gasteiger partial charge in [0.25, 0.3) is 11.4 Å². The number of allylic oxidation sites excluding steroid dienone is 2. The number of aromatic hydroxyl groups is 1. The first kappa shape index (κ1) is 29.0. The molecule has 3 aromatic rings. The first-order valence-electron chi connectivity index (χ1n) is 14.7. The maximum atomic E-state index is 14.2. The number of hydrogen-bond acceptors (Lipinski definition) is 9. The van der Waals surface area contributed by atoms with Crippen molar-refractivity contribution in [3.05, 3.63) is 110 Å². The van der Waals surface area contributed by atoms with Crippen LogP contribution in [0.3, 0.4) is 0 Å². The summed E-state index contributed by atoms with van der Waals surface area (Å²) < 4.78 is 0. The van der Waals surface area contributed by atoms with Crippen LogP contribution in [0.15, 0.2) is 78.4 Å². The lowest BCUT2D eigenvalue weighted by atomic mass is 9.57. The van der Waals surface area contributed by atoms with E-state index in [4.69, 9.17) is 0 Å². The number of imide groups is 2. The molecule has 1 N–H and O–H groups in total. The number of rotatable bonds is 5. The molecule has 3 aromatic carbocycles. The second-order valence-electron chi connectivity index (χ2n) is 12.1. The molecule has 0 bridgehead atoms. The molecule has 232 valence electrons. The number of nitrogens with zero attached hydrogens (tertiary/aromatic N) is 4. The summed E-state index contributed by atoms with van der Waals surface area (Å²) in [5.41, 5.74) is 1.52. The average Bonchev–Trinajstić information content (AvgIpc) is 3.45. The second-order valence-corrected chi connectivity index (χ2v) is 12.1. The number of aryl methyl sites for hydroxylation is 1. The highest BCUT2D eigenvalue weighted by Crippen LogP contribution is 2.58. The van der Waals surface area contributed by atoms with E-state index in [2.05, 4.69) is 0 Å². The molecule has 3 fully saturated rings. The third kappa shape index (κ3) is 4.22. The number of fused-ring (bicyclic) bond motifs is 4. The van der Waals surface area contributed by atoms with Crippen LogP contribution in [0, 0.1) is 56.7 Å². The minimum absolute atomic E-state index is 0.0431. The smallest absolute Gasteiger partial charge is 0.271 e. The number of carbonyl (C=O) groups is 4. The van der Waals surface area contributed by atoms with Crippen molar-refractivity contribution in [1.82, 2.24) is 0 Å². The predicted molar refractivity (Wildman–Crippen MR) is 162 cm³/mol. The van der Waals surface area contributed by atoms with E-state index in [9.17, 15) is 44.5 Å². The molecule has 13 nitrogen and oxygen atoms in total. The Hall–Kier alpha value is -5.72. The Kier molecular flexibility index (Phi) is 6.58. The van der Waals surface area contributed by atoms with Gasteiger partial charge in [-0.1, -0.05) is 35.9 Å². The third-order valence-corrected chi connectivity index (χ3v) is 9.83. The number of phenols is 1. The minimum Gasteiger partial charge on any atom is -0.508 e. The SMILES string of the molecule is Cc1cc(C2C3=CCC4C(=O)N(c5cccc([N+](=O)[O-])c5)C(=O)C4C3CC3C(=O)N(c4cccc([N+](=O)[O-])c4)C(=O)C32)ccc1O. The first-order valence-corrected chi connectivity index (χ1v) is 14.7. The maximum Gasteiger partial charge on any atom is 0.271 e. The number of amides is 4. The number of non-ortho nitro benzene ring substituents is 2. The Bertz CT molecular complexity index is 1940. The molecule has 2 heterocycles. The van der Waals surface area contributed by atoms with Crippen molar-refractivity contribution >= 4 is 46.4 Å². The van der Waals surface area contributed by atoms with Gasteiger partial charge in [-0.05, 0) is 55.0 Å². The van der Waals surface area contributed by atoms with Crippen molar-refractivity contribution in [2.75, 3.05) is 9.80 Å². The average molecular weight is 623 g/mol. The first-order chi connectivity index (χ1) is 22.0. The number of benzene rings is 3. The van der Waals surface area contributed by atoms with E-state index in [1.54, 1.807) is 19.1 Å². The van der Waals surface area contributed by atoms with E-state index in [0.29, 0.717) is 11.1 Å². The minimum atomic E-state index is -0.901. The van der Waals surface area contributed by atoms with E-state index in [1.165, 1.54) is 54.6 Å². The van der Waals surface area contributed by atoms with Crippen molar-refractivity contribution in [2.45, 2.75) is 25.7 Å². The normalized spacial score (nSPS) is 26.8. The van der Waals surface area contributed by atoms with E-state index in [-0.39, 0.29) is 41.3 Å². The molecule has 7 rings (SSSR count). The van der Waals surface area contributed by atoms with E-state index in [0.717, 1.165) is 15.4 Å². The lowest BCUT2D eigenvalue weighted by molar-refractivity contribution is -0.385. The van der Waals surface area contributed by atoms with Crippen LogP contribution < -0.4 is 9.80 Å². The van der Waals surface area contributed by atoms with E-state index in [1.807, 2.05) is 6.08 Å². The lowest BCUT2D eigenvalue weighted by Gasteiger charge is -2.44. The summed E-state index contributed by atoms with van der Waals surface area (Å²) in [5, 5.41) is 33.2. The van der Waals surface area contributed by atoms with Gasteiger partial charge in [0.05, 0.1) is 44.9 Å². The van der Waals surface area contributed by atoms with Gasteiger partial charge in [0.1, 0.15) is 5.75 Å². The highest BCUT2D eigenvalue weighted by molar-refractivity contribution is 6.24. The molecule has 2 aliphatic heterocycles. The standard InChI is InChI=1S/C33H26N4O9/c1-16-12-17(8-11-26(16)38)27-22-9-10-23-28(32(41)34(30(23)39)18-4-2-6-20(13-18)36(43)44)24(22)15-25-29(27)33(42)35(31(25)40)19-5-3-7-21(14-19)37(45)46/h2-9,11-14,23-25,27-29,38H,10,15H2,1H3. The van der Waals surface area contributed by atoms with Crippen LogP contribution in [0.2, 0.25) is 0 Å². The van der Waals surface area contributed by atoms with Crippen LogP contribution in [0.4, 0.5) is 22.7 Å². The predicted octanol–water partition coefficient (Wildman–Crippen LogP) is 4.56. The van der Waals surface area contributed by atoms with Gasteiger partial charge in [-0.2, -0.15) is 0 Å². The van der Waals surface area contributed by atoms with Crippen LogP contribution in [-0.4, -0.2) is 38.6 Å². The molecule has 2 saturated heterocycles. The number of hydrogen-bond donors (Lipinski definition) is 1. The summed E-state index contributed by atoms with van der Waals surface area (Å²) in [5.74, 6) is -6.78. The van der Waals surface area contributed by atoms with Crippen LogP contribution in [0.1, 0.15) is 29.9 Å². The fourth-order valence-corrected chi connectivity index (χ4v) is 7.84. The fourth-order valence-electron chi connectivity index (χ4n) is 7.84. The van der Waals surface area contributed by atoms with Gasteiger partial charge in [-0.25, -0.2) is 9.80 Å². The summed E-state index contributed by atoms with van der Waals surface area (Å²) >= 11 is 0. The van der Waals surface area contributed by atoms with Gasteiger partial charge in [-0.15, -0.1) is 0 Å². The van der Waals surface area contributed by atoms with Gasteiger partial charge < -0.3 is 5.11 Å². The Balaban J connectivity index is 1.33. The highest BCUT2D eigenvalue weighted by Gasteiger charge is 2.62. The summed E-state index contributed by atoms with van der Waals surface area (Å²) in [6, 6.07) is 15.5. The summed E-state index contributed by atoms with van der Waals surface area (Å²) in [7, 11) is 0. The molecule has 6 atom stereocenters. The van der Waals surface area contributed by atoms with Gasteiger partial charge in [0.15, 0.2) is 0 Å². The van der Waals surface area contributed by atoms with Crippen LogP contribution in [0.25, 0.3) is 0 Å². The number of nitro benzene ring substituents is 2. The second kappa shape index (κ2) is 10.4. The Labute approximate surface area is 261 Å². The fraction of sp³-hybridized carbons (Fsp3) is 0.273. The molecule has 6 unspecified atom stereocenters. The zero-order chi connectivity index (χ0) is 32.6. The number of carbonyl (C=O) groups excluding carboxylic acids is 4. The van der Waals surface area contributed by atoms with Gasteiger partial charge in [-0.3, -0.25) is 39.4 Å². The molecular formula is C33H26N4O9. The van der Waals surface area contributed by atoms with E-state index < -0.39 is 69.0 Å². The van der Waals surface area contributed by atoms with Crippen LogP contribution in [0.5, 0.6) is 5.75 Å². The summed E-state index contributed by atoms with van der Waals surface area (Å²) in [6.45, 7) is 1.70. The Morgan fingerprint density at radius 2 is 1.28 bits per heavy atom. The summed E-state index contributed by atoms with van der Waals surface area (Å²) in [4.78, 5) is 79.7. The molecule has 0 spiro atoms. The molecule has 4 amide bonds. The molecule has 0 aromatic heterocycles. The maximum absolute atomic E-state index is 14.2. The van der Waals surface area contributed by atoms with Gasteiger partial charge >= 0.3 is 0 Å². The van der Waals surface area contributed by atoms with Crippen LogP contribution >= 0.6 is 0 Å². The monoisotopic (exact) mass is 622 g/mol. The van der Waals surface area contributed by atoms with Crippen molar-refractivity contribution in [3.63, 3.8) is 0 Å². The lowest BCUT2D eigenvalue weighted by Crippen LogP contribution is -2.43. The van der Waals surface area contributed by atoms with Crippen molar-refractivity contribution in [3.8, 4) is 5.75 Å².